The van der Waals surface area contributed by atoms with Crippen molar-refractivity contribution in [3.8, 4) is 0 Å². The van der Waals surface area contributed by atoms with Crippen LogP contribution in [-0.4, -0.2) is 27.6 Å². The van der Waals surface area contributed by atoms with Crippen LogP contribution in [0.3, 0.4) is 0 Å². The maximum Gasteiger partial charge on any atom is 0.241 e. The van der Waals surface area contributed by atoms with E-state index >= 15 is 0 Å². The molecular formula is C24H30N2O3S. The Morgan fingerprint density at radius 2 is 1.63 bits per heavy atom. The van der Waals surface area contributed by atoms with E-state index in [2.05, 4.69) is 4.72 Å². The standard InChI is InChI=1S/C24H30N2O3S/c1-19-14-15-24(23-13-6-5-12-22(19)23)30(27,28)26-21(11-7-8-16-25)18-29-17-20-9-3-2-4-10-20/h2-6,9-10,12-15,21,26H,7-8,11,16-18,25H2,1H3/t21-/m0/s1. The van der Waals surface area contributed by atoms with Gasteiger partial charge in [0, 0.05) is 11.4 Å². The SMILES string of the molecule is Cc1ccc(S(=O)(=O)N[C@@H](CCCCN)COCc2ccccc2)c2ccccc12. The smallest absolute Gasteiger partial charge is 0.241 e. The van der Waals surface area contributed by atoms with Gasteiger partial charge < -0.3 is 10.5 Å². The van der Waals surface area contributed by atoms with E-state index in [0.29, 0.717) is 31.1 Å². The predicted molar refractivity (Wildman–Crippen MR) is 122 cm³/mol. The van der Waals surface area contributed by atoms with Crippen LogP contribution in [0.1, 0.15) is 30.4 Å². The van der Waals surface area contributed by atoms with Gasteiger partial charge in [-0.25, -0.2) is 13.1 Å². The van der Waals surface area contributed by atoms with Crippen LogP contribution in [0.15, 0.2) is 71.6 Å². The molecule has 0 aliphatic heterocycles. The Morgan fingerprint density at radius 1 is 0.933 bits per heavy atom. The van der Waals surface area contributed by atoms with Gasteiger partial charge in [-0.3, -0.25) is 0 Å². The van der Waals surface area contributed by atoms with Crippen molar-refractivity contribution in [2.75, 3.05) is 13.2 Å². The number of hydrogen-bond donors (Lipinski definition) is 2. The number of nitrogens with one attached hydrogen (secondary N) is 1. The quantitative estimate of drug-likeness (QED) is 0.452. The Hall–Kier alpha value is -2.25. The van der Waals surface area contributed by atoms with E-state index in [0.717, 1.165) is 34.7 Å². The van der Waals surface area contributed by atoms with Gasteiger partial charge in [-0.1, -0.05) is 67.1 Å². The third-order valence-corrected chi connectivity index (χ3v) is 6.73. The normalized spacial score (nSPS) is 12.9. The molecule has 0 bridgehead atoms. The van der Waals surface area contributed by atoms with E-state index < -0.39 is 10.0 Å². The zero-order chi connectivity index (χ0) is 21.4. The van der Waals surface area contributed by atoms with Gasteiger partial charge in [0.05, 0.1) is 18.1 Å². The van der Waals surface area contributed by atoms with Gasteiger partial charge >= 0.3 is 0 Å². The lowest BCUT2D eigenvalue weighted by Gasteiger charge is -2.20. The van der Waals surface area contributed by atoms with Crippen LogP contribution >= 0.6 is 0 Å². The van der Waals surface area contributed by atoms with Crippen LogP contribution in [0.5, 0.6) is 0 Å². The first-order valence-electron chi connectivity index (χ1n) is 10.3. The van der Waals surface area contributed by atoms with Crippen molar-refractivity contribution in [1.29, 1.82) is 0 Å². The van der Waals surface area contributed by atoms with Gasteiger partial charge in [0.1, 0.15) is 0 Å². The van der Waals surface area contributed by atoms with Crippen molar-refractivity contribution in [3.05, 3.63) is 77.9 Å². The zero-order valence-electron chi connectivity index (χ0n) is 17.4. The van der Waals surface area contributed by atoms with Gasteiger partial charge in [-0.05, 0) is 48.9 Å². The molecule has 160 valence electrons. The Bertz CT molecular complexity index is 1050. The number of hydrogen-bond acceptors (Lipinski definition) is 4. The minimum Gasteiger partial charge on any atom is -0.375 e. The molecule has 30 heavy (non-hydrogen) atoms. The first-order chi connectivity index (χ1) is 14.5. The summed E-state index contributed by atoms with van der Waals surface area (Å²) in [4.78, 5) is 0.301. The Kier molecular flexibility index (Phi) is 7.99. The van der Waals surface area contributed by atoms with Crippen molar-refractivity contribution < 1.29 is 13.2 Å². The van der Waals surface area contributed by atoms with Gasteiger partial charge in [0.2, 0.25) is 10.0 Å². The molecule has 6 heteroatoms. The third-order valence-electron chi connectivity index (χ3n) is 5.15. The molecule has 0 heterocycles. The molecular weight excluding hydrogens is 396 g/mol. The molecule has 0 aliphatic carbocycles. The molecule has 3 N–H and O–H groups in total. The maximum atomic E-state index is 13.2. The zero-order valence-corrected chi connectivity index (χ0v) is 18.2. The van der Waals surface area contributed by atoms with Crippen LogP contribution in [-0.2, 0) is 21.4 Å². The molecule has 5 nitrogen and oxygen atoms in total. The number of ether oxygens (including phenoxy) is 1. The van der Waals surface area contributed by atoms with Crippen molar-refractivity contribution in [3.63, 3.8) is 0 Å². The largest absolute Gasteiger partial charge is 0.375 e. The average molecular weight is 427 g/mol. The summed E-state index contributed by atoms with van der Waals surface area (Å²) in [5.74, 6) is 0. The fourth-order valence-corrected chi connectivity index (χ4v) is 5.01. The lowest BCUT2D eigenvalue weighted by molar-refractivity contribution is 0.101. The predicted octanol–water partition coefficient (Wildman–Crippen LogP) is 4.14. The van der Waals surface area contributed by atoms with Gasteiger partial charge in [-0.2, -0.15) is 0 Å². The molecule has 3 aromatic rings. The lowest BCUT2D eigenvalue weighted by Crippen LogP contribution is -2.38. The summed E-state index contributed by atoms with van der Waals surface area (Å²) in [6.07, 6.45) is 2.37. The molecule has 0 aliphatic rings. The van der Waals surface area contributed by atoms with E-state index in [1.165, 1.54) is 0 Å². The Labute approximate surface area is 179 Å². The average Bonchev–Trinajstić information content (AvgIpc) is 2.74. The summed E-state index contributed by atoms with van der Waals surface area (Å²) in [6, 6.07) is 20.7. The highest BCUT2D eigenvalue weighted by atomic mass is 32.2. The Balaban J connectivity index is 1.76. The van der Waals surface area contributed by atoms with Crippen LogP contribution in [0.25, 0.3) is 10.8 Å². The number of rotatable bonds is 11. The molecule has 1 atom stereocenters. The van der Waals surface area contributed by atoms with E-state index in [1.54, 1.807) is 6.07 Å². The number of nitrogens with two attached hydrogens (primary N) is 1. The first kappa shape index (κ1) is 22.4. The minimum absolute atomic E-state index is 0.301. The molecule has 0 amide bonds. The fraction of sp³-hybridized carbons (Fsp3) is 0.333. The topological polar surface area (TPSA) is 81.4 Å². The number of unbranched alkanes of at least 4 members (excludes halogenated alkanes) is 1. The minimum atomic E-state index is -3.70. The highest BCUT2D eigenvalue weighted by Crippen LogP contribution is 2.26. The van der Waals surface area contributed by atoms with Crippen LogP contribution in [0.4, 0.5) is 0 Å². The number of benzene rings is 3. The molecule has 0 radical (unpaired) electrons. The molecule has 3 aromatic carbocycles. The highest BCUT2D eigenvalue weighted by Gasteiger charge is 2.22. The first-order valence-corrected chi connectivity index (χ1v) is 11.8. The molecule has 0 unspecified atom stereocenters. The summed E-state index contributed by atoms with van der Waals surface area (Å²) in [6.45, 7) is 3.33. The molecule has 0 fully saturated rings. The number of aryl methyl sites for hydroxylation is 1. The lowest BCUT2D eigenvalue weighted by atomic mass is 10.1. The molecule has 0 aromatic heterocycles. The summed E-state index contributed by atoms with van der Waals surface area (Å²) >= 11 is 0. The van der Waals surface area contributed by atoms with Crippen LogP contribution in [0.2, 0.25) is 0 Å². The summed E-state index contributed by atoms with van der Waals surface area (Å²) in [5.41, 5.74) is 7.73. The van der Waals surface area contributed by atoms with E-state index in [1.807, 2.05) is 67.6 Å². The maximum absolute atomic E-state index is 13.2. The van der Waals surface area contributed by atoms with E-state index in [4.69, 9.17) is 10.5 Å². The van der Waals surface area contributed by atoms with Crippen molar-refractivity contribution in [2.24, 2.45) is 5.73 Å². The number of sulfonamides is 1. The van der Waals surface area contributed by atoms with E-state index in [-0.39, 0.29) is 6.04 Å². The summed E-state index contributed by atoms with van der Waals surface area (Å²) in [7, 11) is -3.70. The summed E-state index contributed by atoms with van der Waals surface area (Å²) in [5, 5.41) is 1.68. The second-order valence-electron chi connectivity index (χ2n) is 7.53. The number of fused-ring (bicyclic) bond motifs is 1. The Morgan fingerprint density at radius 3 is 2.37 bits per heavy atom. The van der Waals surface area contributed by atoms with Crippen LogP contribution in [0, 0.1) is 6.92 Å². The van der Waals surface area contributed by atoms with E-state index in [9.17, 15) is 8.42 Å². The monoisotopic (exact) mass is 426 g/mol. The van der Waals surface area contributed by atoms with Gasteiger partial charge in [0.25, 0.3) is 0 Å². The van der Waals surface area contributed by atoms with Crippen LogP contribution < -0.4 is 10.5 Å². The second-order valence-corrected chi connectivity index (χ2v) is 9.21. The molecule has 0 saturated carbocycles. The van der Waals surface area contributed by atoms with Gasteiger partial charge in [-0.15, -0.1) is 0 Å². The van der Waals surface area contributed by atoms with Crippen molar-refractivity contribution >= 4 is 20.8 Å². The van der Waals surface area contributed by atoms with Gasteiger partial charge in [0.15, 0.2) is 0 Å². The highest BCUT2D eigenvalue weighted by molar-refractivity contribution is 7.89. The fourth-order valence-electron chi connectivity index (χ4n) is 3.54. The van der Waals surface area contributed by atoms with Crippen molar-refractivity contribution in [2.45, 2.75) is 43.7 Å². The molecule has 0 saturated heterocycles. The second kappa shape index (κ2) is 10.7. The summed E-state index contributed by atoms with van der Waals surface area (Å²) < 4.78 is 35.2. The molecule has 3 rings (SSSR count). The van der Waals surface area contributed by atoms with Crippen molar-refractivity contribution in [1.82, 2.24) is 4.72 Å². The third kappa shape index (κ3) is 5.89. The molecule has 0 spiro atoms.